The Balaban J connectivity index is 1.98. The van der Waals surface area contributed by atoms with E-state index in [0.717, 1.165) is 29.5 Å². The molecule has 0 radical (unpaired) electrons. The van der Waals surface area contributed by atoms with E-state index < -0.39 is 0 Å². The van der Waals surface area contributed by atoms with Gasteiger partial charge >= 0.3 is 0 Å². The van der Waals surface area contributed by atoms with E-state index in [1.807, 2.05) is 24.6 Å². The van der Waals surface area contributed by atoms with E-state index in [2.05, 4.69) is 15.2 Å². The Kier molecular flexibility index (Phi) is 2.91. The molecule has 2 N–H and O–H groups in total. The number of rotatable bonds is 3. The number of anilines is 1. The highest BCUT2D eigenvalue weighted by molar-refractivity contribution is 6.35. The summed E-state index contributed by atoms with van der Waals surface area (Å²) in [7, 11) is 0. The summed E-state index contributed by atoms with van der Waals surface area (Å²) in [6.45, 7) is 4.09. The van der Waals surface area contributed by atoms with Crippen molar-refractivity contribution in [1.82, 2.24) is 19.9 Å². The number of pyridine rings is 1. The molecule has 0 unspecified atom stereocenters. The van der Waals surface area contributed by atoms with Crippen molar-refractivity contribution in [3.8, 4) is 11.4 Å². The van der Waals surface area contributed by atoms with Gasteiger partial charge in [0.05, 0.1) is 22.1 Å². The summed E-state index contributed by atoms with van der Waals surface area (Å²) >= 11 is 6.32. The summed E-state index contributed by atoms with van der Waals surface area (Å²) in [5, 5.41) is 10.1. The van der Waals surface area contributed by atoms with E-state index in [1.165, 1.54) is 0 Å². The molecule has 22 heavy (non-hydrogen) atoms. The minimum Gasteiger partial charge on any atom is -0.383 e. The van der Waals surface area contributed by atoms with Crippen molar-refractivity contribution in [2.75, 3.05) is 5.73 Å². The second-order valence-electron chi connectivity index (χ2n) is 5.99. The van der Waals surface area contributed by atoms with Crippen LogP contribution in [0, 0.1) is 0 Å². The van der Waals surface area contributed by atoms with Gasteiger partial charge < -0.3 is 10.3 Å². The number of halogens is 1. The minimum atomic E-state index is 0.144. The molecule has 1 aliphatic rings. The van der Waals surface area contributed by atoms with Gasteiger partial charge in [-0.25, -0.2) is 4.98 Å². The second kappa shape index (κ2) is 4.71. The predicted molar refractivity (Wildman–Crippen MR) is 84.8 cm³/mol. The number of aromatic nitrogens is 4. The van der Waals surface area contributed by atoms with Gasteiger partial charge in [0.1, 0.15) is 23.0 Å². The largest absolute Gasteiger partial charge is 0.383 e. The van der Waals surface area contributed by atoms with Crippen LogP contribution in [0.5, 0.6) is 0 Å². The lowest BCUT2D eigenvalue weighted by atomic mass is 10.1. The monoisotopic (exact) mass is 317 g/mol. The zero-order valence-corrected chi connectivity index (χ0v) is 13.1. The molecule has 0 aliphatic heterocycles. The molecule has 0 bridgehead atoms. The van der Waals surface area contributed by atoms with Crippen molar-refractivity contribution < 1.29 is 4.52 Å². The van der Waals surface area contributed by atoms with Gasteiger partial charge in [0, 0.05) is 18.0 Å². The SMILES string of the molecule is CC(C)n1nc(-c2cc(C3CC3)on2)c2c(N)ncc(Cl)c21. The zero-order valence-electron chi connectivity index (χ0n) is 12.4. The van der Waals surface area contributed by atoms with Gasteiger partial charge in [-0.1, -0.05) is 16.8 Å². The zero-order chi connectivity index (χ0) is 15.4. The molecule has 0 aromatic carbocycles. The van der Waals surface area contributed by atoms with Gasteiger partial charge in [-0.3, -0.25) is 4.68 Å². The van der Waals surface area contributed by atoms with E-state index >= 15 is 0 Å². The highest BCUT2D eigenvalue weighted by Gasteiger charge is 2.29. The minimum absolute atomic E-state index is 0.144. The lowest BCUT2D eigenvalue weighted by Crippen LogP contribution is -2.03. The second-order valence-corrected chi connectivity index (χ2v) is 6.40. The van der Waals surface area contributed by atoms with Gasteiger partial charge in [0.25, 0.3) is 0 Å². The van der Waals surface area contributed by atoms with Crippen molar-refractivity contribution in [3.63, 3.8) is 0 Å². The van der Waals surface area contributed by atoms with Crippen LogP contribution < -0.4 is 5.73 Å². The average molecular weight is 318 g/mol. The van der Waals surface area contributed by atoms with Crippen molar-refractivity contribution >= 4 is 28.3 Å². The van der Waals surface area contributed by atoms with E-state index in [9.17, 15) is 0 Å². The molecule has 1 saturated carbocycles. The first-order valence-corrected chi connectivity index (χ1v) is 7.73. The molecule has 3 heterocycles. The van der Waals surface area contributed by atoms with Crippen molar-refractivity contribution in [2.45, 2.75) is 38.6 Å². The van der Waals surface area contributed by atoms with Gasteiger partial charge in [-0.15, -0.1) is 0 Å². The van der Waals surface area contributed by atoms with Crippen LogP contribution in [0.15, 0.2) is 16.8 Å². The predicted octanol–water partition coefficient (Wildman–Crippen LogP) is 3.78. The molecule has 1 aliphatic carbocycles. The fourth-order valence-corrected chi connectivity index (χ4v) is 2.90. The standard InChI is InChI=1S/C15H16ClN5O/c1-7(2)21-14-9(16)6-18-15(17)12(14)13(19-21)10-5-11(22-20-10)8-3-4-8/h5-8H,3-4H2,1-2H3,(H2,17,18). The van der Waals surface area contributed by atoms with Gasteiger partial charge in [-0.2, -0.15) is 5.10 Å². The van der Waals surface area contributed by atoms with Crippen LogP contribution in [-0.2, 0) is 0 Å². The Morgan fingerprint density at radius 1 is 1.41 bits per heavy atom. The maximum atomic E-state index is 6.32. The summed E-state index contributed by atoms with van der Waals surface area (Å²) in [5.41, 5.74) is 8.22. The molecule has 6 nitrogen and oxygen atoms in total. The van der Waals surface area contributed by atoms with Crippen LogP contribution in [0.2, 0.25) is 5.02 Å². The molecule has 0 spiro atoms. The average Bonchev–Trinajstić information content (AvgIpc) is 3.07. The number of fused-ring (bicyclic) bond motifs is 1. The summed E-state index contributed by atoms with van der Waals surface area (Å²) in [4.78, 5) is 4.15. The smallest absolute Gasteiger partial charge is 0.140 e. The number of hydrogen-bond donors (Lipinski definition) is 1. The van der Waals surface area contributed by atoms with Crippen LogP contribution >= 0.6 is 11.6 Å². The molecule has 3 aromatic heterocycles. The van der Waals surface area contributed by atoms with E-state index in [4.69, 9.17) is 21.9 Å². The Morgan fingerprint density at radius 3 is 2.86 bits per heavy atom. The topological polar surface area (TPSA) is 82.8 Å². The van der Waals surface area contributed by atoms with Crippen molar-refractivity contribution in [3.05, 3.63) is 23.0 Å². The first-order valence-electron chi connectivity index (χ1n) is 7.35. The third kappa shape index (κ3) is 1.98. The van der Waals surface area contributed by atoms with Crippen molar-refractivity contribution in [2.24, 2.45) is 0 Å². The van der Waals surface area contributed by atoms with Crippen LogP contribution in [0.1, 0.15) is 44.4 Å². The summed E-state index contributed by atoms with van der Waals surface area (Å²) in [6.07, 6.45) is 3.87. The third-order valence-corrected chi connectivity index (χ3v) is 4.23. The number of nitrogen functional groups attached to an aromatic ring is 1. The first-order chi connectivity index (χ1) is 10.6. The lowest BCUT2D eigenvalue weighted by Gasteiger charge is -2.07. The summed E-state index contributed by atoms with van der Waals surface area (Å²) in [5.74, 6) is 1.81. The molecule has 114 valence electrons. The van der Waals surface area contributed by atoms with E-state index in [0.29, 0.717) is 28.1 Å². The Hall–Kier alpha value is -2.08. The lowest BCUT2D eigenvalue weighted by molar-refractivity contribution is 0.386. The molecule has 0 saturated heterocycles. The Morgan fingerprint density at radius 2 is 2.18 bits per heavy atom. The normalized spacial score (nSPS) is 15.1. The van der Waals surface area contributed by atoms with E-state index in [1.54, 1.807) is 6.20 Å². The molecular weight excluding hydrogens is 302 g/mol. The molecule has 7 heteroatoms. The van der Waals surface area contributed by atoms with Crippen LogP contribution in [0.4, 0.5) is 5.82 Å². The first kappa shape index (κ1) is 13.6. The van der Waals surface area contributed by atoms with Crippen LogP contribution in [-0.4, -0.2) is 19.9 Å². The molecule has 4 rings (SSSR count). The third-order valence-electron chi connectivity index (χ3n) is 3.95. The highest BCUT2D eigenvalue weighted by Crippen LogP contribution is 2.42. The quantitative estimate of drug-likeness (QED) is 0.794. The molecular formula is C15H16ClN5O. The van der Waals surface area contributed by atoms with Crippen LogP contribution in [0.3, 0.4) is 0 Å². The maximum Gasteiger partial charge on any atom is 0.140 e. The Bertz CT molecular complexity index is 862. The maximum absolute atomic E-state index is 6.32. The van der Waals surface area contributed by atoms with Crippen LogP contribution in [0.25, 0.3) is 22.3 Å². The fourth-order valence-electron chi connectivity index (χ4n) is 2.67. The molecule has 1 fully saturated rings. The number of nitrogens with two attached hydrogens (primary N) is 1. The number of nitrogens with zero attached hydrogens (tertiary/aromatic N) is 4. The number of hydrogen-bond acceptors (Lipinski definition) is 5. The molecule has 0 amide bonds. The van der Waals surface area contributed by atoms with E-state index in [-0.39, 0.29) is 6.04 Å². The van der Waals surface area contributed by atoms with Gasteiger partial charge in [-0.05, 0) is 26.7 Å². The molecule has 3 aromatic rings. The summed E-state index contributed by atoms with van der Waals surface area (Å²) in [6, 6.07) is 2.09. The van der Waals surface area contributed by atoms with Gasteiger partial charge in [0.2, 0.25) is 0 Å². The highest BCUT2D eigenvalue weighted by atomic mass is 35.5. The van der Waals surface area contributed by atoms with Gasteiger partial charge in [0.15, 0.2) is 0 Å². The summed E-state index contributed by atoms with van der Waals surface area (Å²) < 4.78 is 7.30. The Labute approximate surface area is 132 Å². The fraction of sp³-hybridized carbons (Fsp3) is 0.400. The van der Waals surface area contributed by atoms with Crippen molar-refractivity contribution in [1.29, 1.82) is 0 Å². The molecule has 0 atom stereocenters.